The van der Waals surface area contributed by atoms with E-state index in [-0.39, 0.29) is 0 Å². The largest absolute Gasteiger partial charge is 0.353 e. The van der Waals surface area contributed by atoms with E-state index in [0.717, 1.165) is 56.6 Å². The summed E-state index contributed by atoms with van der Waals surface area (Å²) in [7, 11) is 2.17. The summed E-state index contributed by atoms with van der Waals surface area (Å²) in [6.45, 7) is 6.03. The molecule has 6 nitrogen and oxygen atoms in total. The van der Waals surface area contributed by atoms with Crippen molar-refractivity contribution >= 4 is 22.3 Å². The molecule has 0 radical (unpaired) electrons. The minimum Gasteiger partial charge on any atom is -0.353 e. The van der Waals surface area contributed by atoms with E-state index in [0.29, 0.717) is 0 Å². The highest BCUT2D eigenvalue weighted by Gasteiger charge is 2.25. The van der Waals surface area contributed by atoms with E-state index in [1.807, 2.05) is 11.6 Å². The predicted molar refractivity (Wildman–Crippen MR) is 88.6 cm³/mol. The maximum absolute atomic E-state index is 4.59. The summed E-state index contributed by atoms with van der Waals surface area (Å²) in [6, 6.07) is 0. The smallest absolute Gasteiger partial charge is 0.185 e. The Labute approximate surface area is 134 Å². The molecule has 0 spiro atoms. The Kier molecular flexibility index (Phi) is 3.67. The highest BCUT2D eigenvalue weighted by atomic mass is 32.1. The average Bonchev–Trinajstić information content (AvgIpc) is 3.09. The molecule has 1 saturated heterocycles. The molecule has 116 valence electrons. The molecule has 4 rings (SSSR count). The van der Waals surface area contributed by atoms with Crippen molar-refractivity contribution in [3.63, 3.8) is 0 Å². The summed E-state index contributed by atoms with van der Waals surface area (Å²) < 4.78 is 0. The van der Waals surface area contributed by atoms with Crippen LogP contribution in [0, 0.1) is 0 Å². The molecule has 0 aromatic carbocycles. The summed E-state index contributed by atoms with van der Waals surface area (Å²) >= 11 is 1.71. The third kappa shape index (κ3) is 2.55. The van der Waals surface area contributed by atoms with Gasteiger partial charge in [0.25, 0.3) is 0 Å². The summed E-state index contributed by atoms with van der Waals surface area (Å²) in [4.78, 5) is 20.6. The first-order valence-corrected chi connectivity index (χ1v) is 8.60. The molecule has 0 amide bonds. The molecular formula is C15H20N6S. The van der Waals surface area contributed by atoms with E-state index in [2.05, 4.69) is 36.7 Å². The molecule has 0 unspecified atom stereocenters. The summed E-state index contributed by atoms with van der Waals surface area (Å²) in [6.07, 6.45) is 4.64. The second-order valence-electron chi connectivity index (χ2n) is 5.90. The minimum atomic E-state index is 0.957. The molecule has 0 atom stereocenters. The fraction of sp³-hybridized carbons (Fsp3) is 0.533. The number of aromatic nitrogens is 3. The molecule has 1 fully saturated rings. The van der Waals surface area contributed by atoms with Crippen molar-refractivity contribution in [2.75, 3.05) is 49.6 Å². The molecule has 0 bridgehead atoms. The molecule has 0 aliphatic carbocycles. The zero-order valence-electron chi connectivity index (χ0n) is 12.8. The maximum Gasteiger partial charge on any atom is 0.185 e. The summed E-state index contributed by atoms with van der Waals surface area (Å²) in [5, 5.41) is 3.17. The fourth-order valence-electron chi connectivity index (χ4n) is 3.22. The van der Waals surface area contributed by atoms with Crippen LogP contribution in [0.4, 0.5) is 10.9 Å². The van der Waals surface area contributed by atoms with Crippen molar-refractivity contribution in [3.05, 3.63) is 29.2 Å². The van der Waals surface area contributed by atoms with Crippen molar-refractivity contribution < 1.29 is 0 Å². The Hall–Kier alpha value is -1.73. The van der Waals surface area contributed by atoms with Crippen LogP contribution in [0.1, 0.15) is 11.3 Å². The van der Waals surface area contributed by atoms with Crippen molar-refractivity contribution in [1.29, 1.82) is 0 Å². The van der Waals surface area contributed by atoms with Gasteiger partial charge in [-0.1, -0.05) is 0 Å². The van der Waals surface area contributed by atoms with Gasteiger partial charge in [-0.2, -0.15) is 0 Å². The van der Waals surface area contributed by atoms with E-state index < -0.39 is 0 Å². The Morgan fingerprint density at radius 1 is 1.00 bits per heavy atom. The molecule has 2 aliphatic heterocycles. The lowest BCUT2D eigenvalue weighted by Crippen LogP contribution is -2.47. The summed E-state index contributed by atoms with van der Waals surface area (Å²) in [5.41, 5.74) is 2.55. The van der Waals surface area contributed by atoms with Gasteiger partial charge in [-0.3, -0.25) is 0 Å². The predicted octanol–water partition coefficient (Wildman–Crippen LogP) is 1.25. The Morgan fingerprint density at radius 3 is 2.59 bits per heavy atom. The van der Waals surface area contributed by atoms with Crippen molar-refractivity contribution in [1.82, 2.24) is 19.9 Å². The molecule has 22 heavy (non-hydrogen) atoms. The number of hydrogen-bond acceptors (Lipinski definition) is 7. The fourth-order valence-corrected chi connectivity index (χ4v) is 3.91. The Balaban J connectivity index is 1.52. The van der Waals surface area contributed by atoms with Gasteiger partial charge in [-0.25, -0.2) is 15.0 Å². The van der Waals surface area contributed by atoms with Crippen molar-refractivity contribution in [3.8, 4) is 0 Å². The van der Waals surface area contributed by atoms with Crippen LogP contribution >= 0.6 is 11.3 Å². The molecule has 2 aromatic heterocycles. The zero-order valence-corrected chi connectivity index (χ0v) is 13.6. The van der Waals surface area contributed by atoms with Gasteiger partial charge >= 0.3 is 0 Å². The van der Waals surface area contributed by atoms with Crippen LogP contribution in [0.2, 0.25) is 0 Å². The molecular weight excluding hydrogens is 296 g/mol. The number of thiazole rings is 1. The van der Waals surface area contributed by atoms with Gasteiger partial charge in [0.1, 0.15) is 12.1 Å². The SMILES string of the molecule is CN1CCc2ncnc(N3CCN(c4nccs4)CC3)c2C1. The number of rotatable bonds is 2. The average molecular weight is 316 g/mol. The quantitative estimate of drug-likeness (QED) is 0.831. The van der Waals surface area contributed by atoms with Crippen LogP contribution in [0.5, 0.6) is 0 Å². The topological polar surface area (TPSA) is 48.4 Å². The monoisotopic (exact) mass is 316 g/mol. The van der Waals surface area contributed by atoms with E-state index in [1.54, 1.807) is 17.7 Å². The van der Waals surface area contributed by atoms with E-state index in [1.165, 1.54) is 11.3 Å². The van der Waals surface area contributed by atoms with Crippen LogP contribution in [0.15, 0.2) is 17.9 Å². The number of nitrogens with zero attached hydrogens (tertiary/aromatic N) is 6. The second-order valence-corrected chi connectivity index (χ2v) is 6.77. The van der Waals surface area contributed by atoms with Crippen LogP contribution < -0.4 is 9.80 Å². The van der Waals surface area contributed by atoms with Gasteiger partial charge < -0.3 is 14.7 Å². The third-order valence-corrected chi connectivity index (χ3v) is 5.27. The van der Waals surface area contributed by atoms with Gasteiger partial charge in [0.2, 0.25) is 0 Å². The Bertz CT molecular complexity index is 635. The van der Waals surface area contributed by atoms with Crippen LogP contribution in [-0.4, -0.2) is 59.6 Å². The lowest BCUT2D eigenvalue weighted by atomic mass is 10.1. The van der Waals surface area contributed by atoms with Gasteiger partial charge in [-0.05, 0) is 7.05 Å². The molecule has 0 saturated carbocycles. The van der Waals surface area contributed by atoms with Crippen LogP contribution in [0.25, 0.3) is 0 Å². The highest BCUT2D eigenvalue weighted by Crippen LogP contribution is 2.27. The minimum absolute atomic E-state index is 0.957. The lowest BCUT2D eigenvalue weighted by Gasteiger charge is -2.37. The van der Waals surface area contributed by atoms with Crippen molar-refractivity contribution in [2.45, 2.75) is 13.0 Å². The number of fused-ring (bicyclic) bond motifs is 1. The second kappa shape index (κ2) is 5.81. The van der Waals surface area contributed by atoms with Crippen LogP contribution in [-0.2, 0) is 13.0 Å². The first-order chi connectivity index (χ1) is 10.8. The van der Waals surface area contributed by atoms with Gasteiger partial charge in [0, 0.05) is 62.8 Å². The molecule has 2 aromatic rings. The summed E-state index contributed by atoms with van der Waals surface area (Å²) in [5.74, 6) is 1.13. The van der Waals surface area contributed by atoms with E-state index in [4.69, 9.17) is 0 Å². The third-order valence-electron chi connectivity index (χ3n) is 4.44. The lowest BCUT2D eigenvalue weighted by molar-refractivity contribution is 0.309. The highest BCUT2D eigenvalue weighted by molar-refractivity contribution is 7.13. The number of hydrogen-bond donors (Lipinski definition) is 0. The first-order valence-electron chi connectivity index (χ1n) is 7.72. The van der Waals surface area contributed by atoms with Gasteiger partial charge in [0.05, 0.1) is 5.69 Å². The normalized spacial score (nSPS) is 19.3. The van der Waals surface area contributed by atoms with E-state index in [9.17, 15) is 0 Å². The standard InChI is InChI=1S/C15H20N6S/c1-19-4-2-13-12(10-19)14(18-11-17-13)20-5-7-21(8-6-20)15-16-3-9-22-15/h3,9,11H,2,4-8,10H2,1H3. The number of anilines is 2. The molecule has 4 heterocycles. The molecule has 7 heteroatoms. The molecule has 0 N–H and O–H groups in total. The zero-order chi connectivity index (χ0) is 14.9. The first kappa shape index (κ1) is 13.9. The van der Waals surface area contributed by atoms with Crippen molar-refractivity contribution in [2.24, 2.45) is 0 Å². The van der Waals surface area contributed by atoms with Crippen LogP contribution in [0.3, 0.4) is 0 Å². The van der Waals surface area contributed by atoms with Gasteiger partial charge in [-0.15, -0.1) is 11.3 Å². The molecule has 2 aliphatic rings. The van der Waals surface area contributed by atoms with Gasteiger partial charge in [0.15, 0.2) is 5.13 Å². The maximum atomic E-state index is 4.59. The number of likely N-dealkylation sites (N-methyl/N-ethyl adjacent to an activating group) is 1. The Morgan fingerprint density at radius 2 is 1.82 bits per heavy atom. The van der Waals surface area contributed by atoms with E-state index >= 15 is 0 Å². The number of piperazine rings is 1.